The molecule has 8 heteroatoms. The Labute approximate surface area is 174 Å². The van der Waals surface area contributed by atoms with Crippen molar-refractivity contribution >= 4 is 17.4 Å². The summed E-state index contributed by atoms with van der Waals surface area (Å²) in [5, 5.41) is 0.533. The summed E-state index contributed by atoms with van der Waals surface area (Å²) in [5.74, 6) is 1.48. The van der Waals surface area contributed by atoms with Crippen LogP contribution >= 0.6 is 11.3 Å². The Bertz CT molecular complexity index is 972. The molecular weight excluding hydrogens is 388 g/mol. The predicted molar refractivity (Wildman–Crippen MR) is 113 cm³/mol. The molecule has 0 aliphatic carbocycles. The van der Waals surface area contributed by atoms with Crippen molar-refractivity contribution in [2.45, 2.75) is 32.9 Å². The number of aromatic nitrogens is 2. The fraction of sp³-hybridized carbons (Fsp3) is 0.286. The van der Waals surface area contributed by atoms with Gasteiger partial charge >= 0.3 is 6.03 Å². The van der Waals surface area contributed by atoms with E-state index in [1.165, 1.54) is 16.2 Å². The Morgan fingerprint density at radius 3 is 2.45 bits per heavy atom. The second kappa shape index (κ2) is 8.91. The van der Waals surface area contributed by atoms with Crippen LogP contribution in [0.1, 0.15) is 32.4 Å². The number of ether oxygens (including phenoxy) is 2. The lowest BCUT2D eigenvalue weighted by molar-refractivity contribution is 0.204. The molecule has 1 aromatic carbocycles. The summed E-state index contributed by atoms with van der Waals surface area (Å²) in [7, 11) is 1.66. The van der Waals surface area contributed by atoms with Crippen LogP contribution in [-0.2, 0) is 0 Å². The molecule has 3 rings (SSSR count). The van der Waals surface area contributed by atoms with Gasteiger partial charge in [0.2, 0.25) is 0 Å². The molecule has 2 aromatic heterocycles. The highest BCUT2D eigenvalue weighted by Gasteiger charge is 2.16. The maximum absolute atomic E-state index is 11.4. The van der Waals surface area contributed by atoms with Crippen molar-refractivity contribution in [3.8, 4) is 27.1 Å². The summed E-state index contributed by atoms with van der Waals surface area (Å²) in [6.07, 6.45) is 5.36. The van der Waals surface area contributed by atoms with Crippen molar-refractivity contribution < 1.29 is 14.3 Å². The minimum absolute atomic E-state index is 0.123. The number of rotatable bonds is 7. The van der Waals surface area contributed by atoms with Gasteiger partial charge in [0.05, 0.1) is 17.0 Å². The minimum Gasteiger partial charge on any atom is -0.491 e. The quantitative estimate of drug-likeness (QED) is 0.599. The van der Waals surface area contributed by atoms with Gasteiger partial charge in [-0.2, -0.15) is 0 Å². The molecule has 0 bridgehead atoms. The molecule has 0 aliphatic rings. The van der Waals surface area contributed by atoms with Crippen molar-refractivity contribution in [2.24, 2.45) is 5.73 Å². The molecule has 0 saturated carbocycles. The molecule has 0 spiro atoms. The van der Waals surface area contributed by atoms with Gasteiger partial charge in [-0.3, -0.25) is 4.98 Å². The smallest absolute Gasteiger partial charge is 0.315 e. The van der Waals surface area contributed by atoms with E-state index in [2.05, 4.69) is 9.97 Å². The van der Waals surface area contributed by atoms with Gasteiger partial charge in [-0.1, -0.05) is 11.3 Å². The van der Waals surface area contributed by atoms with E-state index in [0.717, 1.165) is 21.8 Å². The molecule has 0 aliphatic heterocycles. The Balaban J connectivity index is 1.73. The van der Waals surface area contributed by atoms with Crippen LogP contribution in [0.25, 0.3) is 10.4 Å². The fourth-order valence-electron chi connectivity index (χ4n) is 2.63. The maximum Gasteiger partial charge on any atom is 0.315 e. The number of nitrogens with two attached hydrogens (primary N) is 1. The summed E-state index contributed by atoms with van der Waals surface area (Å²) in [6, 6.07) is 8.75. The van der Waals surface area contributed by atoms with E-state index in [4.69, 9.17) is 15.2 Å². The third-order valence-electron chi connectivity index (χ3n) is 4.34. The van der Waals surface area contributed by atoms with Crippen molar-refractivity contribution in [3.63, 3.8) is 0 Å². The van der Waals surface area contributed by atoms with E-state index < -0.39 is 6.03 Å². The molecule has 0 saturated heterocycles. The topological polar surface area (TPSA) is 90.6 Å². The first-order valence-electron chi connectivity index (χ1n) is 9.21. The monoisotopic (exact) mass is 412 g/mol. The molecule has 2 heterocycles. The Morgan fingerprint density at radius 1 is 1.10 bits per heavy atom. The normalized spacial score (nSPS) is 11.9. The molecule has 3 aromatic rings. The Morgan fingerprint density at radius 2 is 1.79 bits per heavy atom. The summed E-state index contributed by atoms with van der Waals surface area (Å²) in [6.45, 7) is 5.87. The van der Waals surface area contributed by atoms with Crippen LogP contribution in [0.15, 0.2) is 48.9 Å². The van der Waals surface area contributed by atoms with Crippen LogP contribution in [0, 0.1) is 0 Å². The van der Waals surface area contributed by atoms with Crippen LogP contribution in [0.5, 0.6) is 16.7 Å². The SMILES string of the molecule is CC(C)Oc1ccc(Oc2ncc(-c3cncc(C(C)N(C)C(N)=O)c3)s2)cc1. The molecule has 1 atom stereocenters. The average molecular weight is 413 g/mol. The van der Waals surface area contributed by atoms with Gasteiger partial charge < -0.3 is 20.1 Å². The first kappa shape index (κ1) is 20.6. The van der Waals surface area contributed by atoms with E-state index in [1.807, 2.05) is 51.1 Å². The average Bonchev–Trinajstić information content (AvgIpc) is 3.16. The molecule has 2 amide bonds. The van der Waals surface area contributed by atoms with E-state index in [-0.39, 0.29) is 12.1 Å². The highest BCUT2D eigenvalue weighted by Crippen LogP contribution is 2.34. The summed E-state index contributed by atoms with van der Waals surface area (Å²) >= 11 is 1.42. The van der Waals surface area contributed by atoms with E-state index >= 15 is 0 Å². The highest BCUT2D eigenvalue weighted by atomic mass is 32.1. The van der Waals surface area contributed by atoms with Gasteiger partial charge in [0.1, 0.15) is 11.5 Å². The number of primary amides is 1. The van der Waals surface area contributed by atoms with Gasteiger partial charge in [0.15, 0.2) is 0 Å². The second-order valence-corrected chi connectivity index (χ2v) is 7.86. The van der Waals surface area contributed by atoms with Crippen LogP contribution in [0.3, 0.4) is 0 Å². The molecule has 29 heavy (non-hydrogen) atoms. The van der Waals surface area contributed by atoms with Crippen molar-refractivity contribution in [1.29, 1.82) is 0 Å². The molecule has 2 N–H and O–H groups in total. The lowest BCUT2D eigenvalue weighted by atomic mass is 10.1. The van der Waals surface area contributed by atoms with Crippen molar-refractivity contribution in [3.05, 3.63) is 54.5 Å². The standard InChI is InChI=1S/C21H24N4O3S/c1-13(2)27-17-5-7-18(8-6-17)28-21-24-12-19(29-21)16-9-15(10-23-11-16)14(3)25(4)20(22)26/h5-14H,1-4H3,(H2,22,26). The minimum atomic E-state index is -0.485. The number of benzene rings is 1. The Kier molecular flexibility index (Phi) is 6.33. The predicted octanol–water partition coefficient (Wildman–Crippen LogP) is 4.86. The summed E-state index contributed by atoms with van der Waals surface area (Å²) in [4.78, 5) is 22.4. The zero-order valence-corrected chi connectivity index (χ0v) is 17.6. The summed E-state index contributed by atoms with van der Waals surface area (Å²) in [5.41, 5.74) is 7.16. The van der Waals surface area contributed by atoms with E-state index in [1.54, 1.807) is 25.6 Å². The van der Waals surface area contributed by atoms with Crippen LogP contribution < -0.4 is 15.2 Å². The van der Waals surface area contributed by atoms with Crippen LogP contribution in [0.4, 0.5) is 4.79 Å². The number of urea groups is 1. The van der Waals surface area contributed by atoms with Crippen LogP contribution in [0.2, 0.25) is 0 Å². The van der Waals surface area contributed by atoms with Crippen molar-refractivity contribution in [2.75, 3.05) is 7.05 Å². The highest BCUT2D eigenvalue weighted by molar-refractivity contribution is 7.16. The number of pyridine rings is 1. The molecular formula is C21H24N4O3S. The third-order valence-corrected chi connectivity index (χ3v) is 5.26. The summed E-state index contributed by atoms with van der Waals surface area (Å²) < 4.78 is 11.5. The fourth-order valence-corrected chi connectivity index (χ4v) is 3.40. The van der Waals surface area contributed by atoms with E-state index in [0.29, 0.717) is 10.9 Å². The number of hydrogen-bond donors (Lipinski definition) is 1. The number of amides is 2. The molecule has 0 radical (unpaired) electrons. The molecule has 0 fully saturated rings. The van der Waals surface area contributed by atoms with Crippen LogP contribution in [-0.4, -0.2) is 34.1 Å². The maximum atomic E-state index is 11.4. The van der Waals surface area contributed by atoms with Gasteiger partial charge in [0, 0.05) is 31.2 Å². The number of hydrogen-bond acceptors (Lipinski definition) is 6. The number of carbonyl (C=O) groups excluding carboxylic acids is 1. The number of nitrogens with zero attached hydrogens (tertiary/aromatic N) is 3. The van der Waals surface area contributed by atoms with Gasteiger partial charge in [-0.25, -0.2) is 9.78 Å². The number of carbonyl (C=O) groups is 1. The van der Waals surface area contributed by atoms with Gasteiger partial charge in [-0.05, 0) is 56.7 Å². The lowest BCUT2D eigenvalue weighted by Crippen LogP contribution is -2.34. The first-order valence-corrected chi connectivity index (χ1v) is 10.0. The molecule has 7 nitrogen and oxygen atoms in total. The largest absolute Gasteiger partial charge is 0.491 e. The third kappa shape index (κ3) is 5.23. The zero-order valence-electron chi connectivity index (χ0n) is 16.8. The second-order valence-electron chi connectivity index (χ2n) is 6.86. The number of thiazole rings is 1. The lowest BCUT2D eigenvalue weighted by Gasteiger charge is -2.23. The van der Waals surface area contributed by atoms with E-state index in [9.17, 15) is 4.79 Å². The van der Waals surface area contributed by atoms with Gasteiger partial charge in [-0.15, -0.1) is 0 Å². The first-order chi connectivity index (χ1) is 13.8. The van der Waals surface area contributed by atoms with Gasteiger partial charge in [0.25, 0.3) is 5.19 Å². The molecule has 152 valence electrons. The molecule has 1 unspecified atom stereocenters. The Hall–Kier alpha value is -3.13. The van der Waals surface area contributed by atoms with Crippen molar-refractivity contribution in [1.82, 2.24) is 14.9 Å². The zero-order chi connectivity index (χ0) is 21.0.